The summed E-state index contributed by atoms with van der Waals surface area (Å²) in [6.07, 6.45) is 2.81. The van der Waals surface area contributed by atoms with Crippen molar-refractivity contribution < 1.29 is 9.90 Å². The molecule has 0 aliphatic carbocycles. The maximum atomic E-state index is 12.1. The number of hydrogen-bond acceptors (Lipinski definition) is 4. The molecule has 2 N–H and O–H groups in total. The molecular weight excluding hydrogens is 266 g/mol. The predicted molar refractivity (Wildman–Crippen MR) is 85.7 cm³/mol. The number of nitrogens with one attached hydrogen (secondary N) is 1. The van der Waals surface area contributed by atoms with Crippen LogP contribution >= 0.6 is 0 Å². The average molecular weight is 293 g/mol. The number of hydrogen-bond donors (Lipinski definition) is 2. The molecule has 5 nitrogen and oxygen atoms in total. The van der Waals surface area contributed by atoms with Crippen LogP contribution in [0.4, 0.5) is 5.82 Å². The molecule has 0 fully saturated rings. The monoisotopic (exact) mass is 293 g/mol. The Hall–Kier alpha value is -1.62. The molecule has 0 radical (unpaired) electrons. The Balaban J connectivity index is 2.67. The van der Waals surface area contributed by atoms with Crippen molar-refractivity contribution in [1.82, 2.24) is 10.3 Å². The van der Waals surface area contributed by atoms with Gasteiger partial charge < -0.3 is 15.3 Å². The van der Waals surface area contributed by atoms with Gasteiger partial charge in [-0.25, -0.2) is 4.98 Å². The molecule has 21 heavy (non-hydrogen) atoms. The van der Waals surface area contributed by atoms with Crippen LogP contribution in [-0.2, 0) is 0 Å². The van der Waals surface area contributed by atoms with Gasteiger partial charge in [0, 0.05) is 25.8 Å². The molecule has 1 rings (SSSR count). The van der Waals surface area contributed by atoms with Crippen LogP contribution in [0, 0.1) is 0 Å². The number of carbonyl (C=O) groups excluding carboxylic acids is 1. The van der Waals surface area contributed by atoms with Gasteiger partial charge in [-0.2, -0.15) is 0 Å². The molecular formula is C16H27N3O2. The van der Waals surface area contributed by atoms with Crippen molar-refractivity contribution in [3.63, 3.8) is 0 Å². The van der Waals surface area contributed by atoms with Crippen molar-refractivity contribution in [2.45, 2.75) is 46.1 Å². The standard InChI is InChI=1S/C16H27N3O2/c1-5-16(21,6-2)12-18-15(20)13-9-10-14(17-11-13)19(7-3)8-4/h9-11,21H,5-8,12H2,1-4H3,(H,18,20). The number of aromatic nitrogens is 1. The van der Waals surface area contributed by atoms with Crippen molar-refractivity contribution in [3.05, 3.63) is 23.9 Å². The van der Waals surface area contributed by atoms with E-state index in [0.717, 1.165) is 18.9 Å². The molecule has 0 aliphatic heterocycles. The van der Waals surface area contributed by atoms with E-state index in [4.69, 9.17) is 0 Å². The van der Waals surface area contributed by atoms with E-state index in [9.17, 15) is 9.90 Å². The second-order valence-electron chi connectivity index (χ2n) is 5.19. The first-order valence-electron chi connectivity index (χ1n) is 7.71. The van der Waals surface area contributed by atoms with Gasteiger partial charge in [-0.15, -0.1) is 0 Å². The van der Waals surface area contributed by atoms with Crippen molar-refractivity contribution in [1.29, 1.82) is 0 Å². The minimum Gasteiger partial charge on any atom is -0.388 e. The van der Waals surface area contributed by atoms with Crippen LogP contribution in [0.5, 0.6) is 0 Å². The first kappa shape index (κ1) is 17.4. The molecule has 0 saturated carbocycles. The Labute approximate surface area is 127 Å². The van der Waals surface area contributed by atoms with Crippen LogP contribution in [-0.4, -0.2) is 41.2 Å². The molecule has 1 aromatic heterocycles. The molecule has 0 bridgehead atoms. The lowest BCUT2D eigenvalue weighted by atomic mass is 9.97. The van der Waals surface area contributed by atoms with Crippen molar-refractivity contribution in [2.24, 2.45) is 0 Å². The summed E-state index contributed by atoms with van der Waals surface area (Å²) < 4.78 is 0. The Morgan fingerprint density at radius 1 is 1.24 bits per heavy atom. The van der Waals surface area contributed by atoms with E-state index in [2.05, 4.69) is 29.0 Å². The molecule has 0 spiro atoms. The van der Waals surface area contributed by atoms with Gasteiger partial charge in [0.05, 0.1) is 11.2 Å². The zero-order chi connectivity index (χ0) is 15.9. The maximum Gasteiger partial charge on any atom is 0.252 e. The normalized spacial score (nSPS) is 11.3. The van der Waals surface area contributed by atoms with Gasteiger partial charge in [-0.05, 0) is 38.8 Å². The zero-order valence-electron chi connectivity index (χ0n) is 13.5. The molecule has 0 aromatic carbocycles. The van der Waals surface area contributed by atoms with Gasteiger partial charge in [-0.3, -0.25) is 4.79 Å². The zero-order valence-corrected chi connectivity index (χ0v) is 13.5. The second kappa shape index (κ2) is 7.98. The number of pyridine rings is 1. The Bertz CT molecular complexity index is 437. The van der Waals surface area contributed by atoms with Crippen molar-refractivity contribution >= 4 is 11.7 Å². The smallest absolute Gasteiger partial charge is 0.252 e. The van der Waals surface area contributed by atoms with E-state index >= 15 is 0 Å². The third kappa shape index (κ3) is 4.70. The summed E-state index contributed by atoms with van der Waals surface area (Å²) >= 11 is 0. The molecule has 1 heterocycles. The highest BCUT2D eigenvalue weighted by molar-refractivity contribution is 5.94. The fraction of sp³-hybridized carbons (Fsp3) is 0.625. The van der Waals surface area contributed by atoms with Gasteiger partial charge in [0.2, 0.25) is 0 Å². The Kier molecular flexibility index (Phi) is 6.62. The lowest BCUT2D eigenvalue weighted by Gasteiger charge is -2.25. The number of rotatable bonds is 8. The van der Waals surface area contributed by atoms with E-state index in [0.29, 0.717) is 18.4 Å². The summed E-state index contributed by atoms with van der Waals surface area (Å²) in [4.78, 5) is 18.5. The highest BCUT2D eigenvalue weighted by Crippen LogP contribution is 2.14. The van der Waals surface area contributed by atoms with Crippen LogP contribution in [0.25, 0.3) is 0 Å². The summed E-state index contributed by atoms with van der Waals surface area (Å²) in [5, 5.41) is 12.9. The van der Waals surface area contributed by atoms with E-state index in [1.165, 1.54) is 0 Å². The lowest BCUT2D eigenvalue weighted by Crippen LogP contribution is -2.42. The van der Waals surface area contributed by atoms with Gasteiger partial charge >= 0.3 is 0 Å². The third-order valence-electron chi connectivity index (χ3n) is 3.99. The largest absolute Gasteiger partial charge is 0.388 e. The second-order valence-corrected chi connectivity index (χ2v) is 5.19. The van der Waals surface area contributed by atoms with E-state index in [1.807, 2.05) is 19.9 Å². The van der Waals surface area contributed by atoms with Crippen LogP contribution in [0.3, 0.4) is 0 Å². The Morgan fingerprint density at radius 3 is 2.29 bits per heavy atom. The van der Waals surface area contributed by atoms with Crippen LogP contribution < -0.4 is 10.2 Å². The van der Waals surface area contributed by atoms with Gasteiger partial charge in [-0.1, -0.05) is 13.8 Å². The summed E-state index contributed by atoms with van der Waals surface area (Å²) in [5.74, 6) is 0.670. The lowest BCUT2D eigenvalue weighted by molar-refractivity contribution is 0.0314. The maximum absolute atomic E-state index is 12.1. The number of nitrogens with zero attached hydrogens (tertiary/aromatic N) is 2. The van der Waals surface area contributed by atoms with E-state index in [-0.39, 0.29) is 12.5 Å². The highest BCUT2D eigenvalue weighted by Gasteiger charge is 2.23. The molecule has 0 aliphatic rings. The minimum absolute atomic E-state index is 0.200. The first-order chi connectivity index (χ1) is 9.99. The SMILES string of the molecule is CCN(CC)c1ccc(C(=O)NCC(O)(CC)CC)cn1. The van der Waals surface area contributed by atoms with Gasteiger partial charge in [0.25, 0.3) is 5.91 Å². The minimum atomic E-state index is -0.829. The van der Waals surface area contributed by atoms with Crippen LogP contribution in [0.2, 0.25) is 0 Å². The summed E-state index contributed by atoms with van der Waals surface area (Å²) in [6, 6.07) is 3.63. The number of amides is 1. The molecule has 0 saturated heterocycles. The van der Waals surface area contributed by atoms with Crippen molar-refractivity contribution in [3.8, 4) is 0 Å². The molecule has 5 heteroatoms. The molecule has 118 valence electrons. The third-order valence-corrected chi connectivity index (χ3v) is 3.99. The van der Waals surface area contributed by atoms with Crippen LogP contribution in [0.15, 0.2) is 18.3 Å². The Morgan fingerprint density at radius 2 is 1.86 bits per heavy atom. The van der Waals surface area contributed by atoms with Gasteiger partial charge in [0.1, 0.15) is 5.82 Å². The highest BCUT2D eigenvalue weighted by atomic mass is 16.3. The molecule has 1 aromatic rings. The number of anilines is 1. The van der Waals surface area contributed by atoms with Crippen LogP contribution in [0.1, 0.15) is 50.9 Å². The summed E-state index contributed by atoms with van der Waals surface area (Å²) in [6.45, 7) is 10.00. The number of carbonyl (C=O) groups is 1. The molecule has 0 atom stereocenters. The molecule has 1 amide bonds. The van der Waals surface area contributed by atoms with Crippen molar-refractivity contribution in [2.75, 3.05) is 24.5 Å². The van der Waals surface area contributed by atoms with E-state index < -0.39 is 5.60 Å². The fourth-order valence-electron chi connectivity index (χ4n) is 2.10. The van der Waals surface area contributed by atoms with E-state index in [1.54, 1.807) is 12.3 Å². The topological polar surface area (TPSA) is 65.5 Å². The first-order valence-corrected chi connectivity index (χ1v) is 7.71. The predicted octanol–water partition coefficient (Wildman–Crippen LogP) is 2.21. The summed E-state index contributed by atoms with van der Waals surface area (Å²) in [7, 11) is 0. The quantitative estimate of drug-likeness (QED) is 0.771. The summed E-state index contributed by atoms with van der Waals surface area (Å²) in [5.41, 5.74) is -0.315. The number of aliphatic hydroxyl groups is 1. The average Bonchev–Trinajstić information content (AvgIpc) is 2.54. The van der Waals surface area contributed by atoms with Gasteiger partial charge in [0.15, 0.2) is 0 Å². The molecule has 0 unspecified atom stereocenters. The fourth-order valence-corrected chi connectivity index (χ4v) is 2.10.